The molecular formula is C9H14O4S3. The lowest BCUT2D eigenvalue weighted by atomic mass is 10.2. The van der Waals surface area contributed by atoms with Crippen molar-refractivity contribution in [3.63, 3.8) is 0 Å². The van der Waals surface area contributed by atoms with E-state index in [0.717, 1.165) is 23.5 Å². The Morgan fingerprint density at radius 2 is 1.81 bits per heavy atom. The summed E-state index contributed by atoms with van der Waals surface area (Å²) in [4.78, 5) is 20.3. The predicted octanol–water partition coefficient (Wildman–Crippen LogP) is 2.51. The molecule has 0 saturated carbocycles. The molecule has 16 heavy (non-hydrogen) atoms. The first-order valence-electron chi connectivity index (χ1n) is 4.37. The van der Waals surface area contributed by atoms with Gasteiger partial charge in [-0.25, -0.2) is 0 Å². The van der Waals surface area contributed by atoms with Gasteiger partial charge in [0, 0.05) is 0 Å². The molecule has 0 aromatic carbocycles. The second-order valence-corrected chi connectivity index (χ2v) is 8.30. The minimum Gasteiger partial charge on any atom is -0.480 e. The van der Waals surface area contributed by atoms with Gasteiger partial charge in [-0.2, -0.15) is 0 Å². The van der Waals surface area contributed by atoms with Crippen molar-refractivity contribution in [2.45, 2.75) is 37.4 Å². The van der Waals surface area contributed by atoms with E-state index in [9.17, 15) is 9.59 Å². The summed E-state index contributed by atoms with van der Waals surface area (Å²) in [6.45, 7) is 6.86. The van der Waals surface area contributed by atoms with E-state index in [2.05, 4.69) is 0 Å². The van der Waals surface area contributed by atoms with Crippen LogP contribution >= 0.6 is 35.7 Å². The van der Waals surface area contributed by atoms with Gasteiger partial charge in [0.15, 0.2) is 4.93 Å². The molecule has 0 unspecified atom stereocenters. The highest BCUT2D eigenvalue weighted by Gasteiger charge is 2.32. The van der Waals surface area contributed by atoms with Gasteiger partial charge < -0.3 is 9.84 Å². The third-order valence-corrected chi connectivity index (χ3v) is 4.12. The molecule has 1 N–H and O–H groups in total. The molecule has 0 heterocycles. The third-order valence-electron chi connectivity index (χ3n) is 1.51. The minimum absolute atomic E-state index is 0.350. The van der Waals surface area contributed by atoms with Crippen molar-refractivity contribution in [1.29, 1.82) is 0 Å². The van der Waals surface area contributed by atoms with E-state index >= 15 is 0 Å². The number of ether oxygens (including phenoxy) is 1. The number of aliphatic carboxylic acids is 1. The molecule has 0 spiro atoms. The van der Waals surface area contributed by atoms with Crippen molar-refractivity contribution < 1.29 is 19.4 Å². The van der Waals surface area contributed by atoms with E-state index in [1.54, 1.807) is 27.7 Å². The van der Waals surface area contributed by atoms with Gasteiger partial charge in [-0.1, -0.05) is 35.7 Å². The first-order chi connectivity index (χ1) is 7.10. The first-order valence-corrected chi connectivity index (χ1v) is 6.42. The maximum absolute atomic E-state index is 10.9. The van der Waals surface area contributed by atoms with Gasteiger partial charge in [0.25, 0.3) is 6.47 Å². The number of thioether (sulfide) groups is 2. The largest absolute Gasteiger partial charge is 0.480 e. The molecule has 0 amide bonds. The van der Waals surface area contributed by atoms with E-state index in [4.69, 9.17) is 22.1 Å². The molecule has 0 aliphatic rings. The van der Waals surface area contributed by atoms with Crippen molar-refractivity contribution in [2.75, 3.05) is 0 Å². The maximum atomic E-state index is 10.9. The number of hydrogen-bond donors (Lipinski definition) is 1. The van der Waals surface area contributed by atoms with Gasteiger partial charge in [-0.3, -0.25) is 9.59 Å². The minimum atomic E-state index is -0.985. The summed E-state index contributed by atoms with van der Waals surface area (Å²) < 4.78 is 4.25. The van der Waals surface area contributed by atoms with Crippen LogP contribution in [0.25, 0.3) is 0 Å². The van der Waals surface area contributed by atoms with Crippen molar-refractivity contribution in [1.82, 2.24) is 0 Å². The van der Waals surface area contributed by atoms with Gasteiger partial charge in [0.05, 0.1) is 0 Å². The van der Waals surface area contributed by atoms with E-state index < -0.39 is 15.6 Å². The average molecular weight is 282 g/mol. The lowest BCUT2D eigenvalue weighted by Crippen LogP contribution is -2.29. The molecule has 0 fully saturated rings. The van der Waals surface area contributed by atoms with E-state index in [1.165, 1.54) is 0 Å². The Balaban J connectivity index is 4.39. The topological polar surface area (TPSA) is 63.6 Å². The van der Waals surface area contributed by atoms with E-state index in [-0.39, 0.29) is 0 Å². The Morgan fingerprint density at radius 3 is 2.19 bits per heavy atom. The van der Waals surface area contributed by atoms with Gasteiger partial charge in [-0.05, 0) is 27.7 Å². The fourth-order valence-corrected chi connectivity index (χ4v) is 4.23. The molecule has 0 radical (unpaired) electrons. The molecule has 0 bridgehead atoms. The summed E-state index contributed by atoms with van der Waals surface area (Å²) in [5, 5.41) is 8.91. The van der Waals surface area contributed by atoms with Crippen LogP contribution in [0.3, 0.4) is 0 Å². The molecule has 0 aromatic rings. The molecule has 4 nitrogen and oxygen atoms in total. The van der Waals surface area contributed by atoms with Gasteiger partial charge in [0.1, 0.15) is 8.28 Å². The van der Waals surface area contributed by atoms with Crippen LogP contribution in [0.2, 0.25) is 0 Å². The van der Waals surface area contributed by atoms with Crippen LogP contribution in [0.1, 0.15) is 27.7 Å². The Hall–Kier alpha value is -0.270. The fourth-order valence-electron chi connectivity index (χ4n) is 0.613. The number of rotatable bonds is 5. The zero-order chi connectivity index (χ0) is 13.0. The van der Waals surface area contributed by atoms with Crippen molar-refractivity contribution >= 4 is 51.7 Å². The lowest BCUT2D eigenvalue weighted by molar-refractivity contribution is -0.139. The van der Waals surface area contributed by atoms with Gasteiger partial charge >= 0.3 is 5.97 Å². The Morgan fingerprint density at radius 1 is 1.31 bits per heavy atom. The lowest BCUT2D eigenvalue weighted by Gasteiger charge is -2.24. The molecule has 0 aromatic heterocycles. The molecule has 0 atom stereocenters. The predicted molar refractivity (Wildman–Crippen MR) is 70.7 cm³/mol. The SMILES string of the molecule is CC(C)(OC=O)SC(=S)SC(C)(C)C(=O)O. The van der Waals surface area contributed by atoms with Gasteiger partial charge in [-0.15, -0.1) is 0 Å². The summed E-state index contributed by atoms with van der Waals surface area (Å²) in [6, 6.07) is 0. The Kier molecular flexibility index (Phi) is 5.78. The second kappa shape index (κ2) is 5.88. The summed E-state index contributed by atoms with van der Waals surface area (Å²) in [5.74, 6) is -0.936. The summed E-state index contributed by atoms with van der Waals surface area (Å²) in [7, 11) is 0. The number of carboxylic acid groups (broad SMARTS) is 1. The summed E-state index contributed by atoms with van der Waals surface area (Å²) in [6.07, 6.45) is 0. The Labute approximate surface area is 108 Å². The van der Waals surface area contributed by atoms with Crippen molar-refractivity contribution in [3.05, 3.63) is 0 Å². The highest BCUT2D eigenvalue weighted by atomic mass is 32.2. The molecule has 0 saturated heterocycles. The molecule has 92 valence electrons. The maximum Gasteiger partial charge on any atom is 0.319 e. The monoisotopic (exact) mass is 282 g/mol. The smallest absolute Gasteiger partial charge is 0.319 e. The second-order valence-electron chi connectivity index (χ2n) is 3.88. The fraction of sp³-hybridized carbons (Fsp3) is 0.667. The van der Waals surface area contributed by atoms with E-state index in [0.29, 0.717) is 10.0 Å². The van der Waals surface area contributed by atoms with Crippen molar-refractivity contribution in [2.24, 2.45) is 0 Å². The Bertz CT molecular complexity index is 299. The van der Waals surface area contributed by atoms with Crippen molar-refractivity contribution in [3.8, 4) is 0 Å². The summed E-state index contributed by atoms with van der Waals surface area (Å²) in [5.41, 5.74) is 0. The van der Waals surface area contributed by atoms with Crippen LogP contribution in [0, 0.1) is 0 Å². The van der Waals surface area contributed by atoms with E-state index in [1.807, 2.05) is 0 Å². The zero-order valence-electron chi connectivity index (χ0n) is 9.47. The molecule has 7 heteroatoms. The quantitative estimate of drug-likeness (QED) is 0.472. The van der Waals surface area contributed by atoms with Crippen LogP contribution < -0.4 is 0 Å². The van der Waals surface area contributed by atoms with Gasteiger partial charge in [0.2, 0.25) is 0 Å². The standard InChI is InChI=1S/C9H14O4S3/c1-8(2,6(11)12)15-7(14)16-9(3,4)13-5-10/h5H,1-4H3,(H,11,12). The molecule has 0 aliphatic carbocycles. The number of carbonyl (C=O) groups is 2. The number of carbonyl (C=O) groups excluding carboxylic acids is 1. The van der Waals surface area contributed by atoms with Crippen LogP contribution in [-0.2, 0) is 14.3 Å². The first kappa shape index (κ1) is 15.7. The molecule has 0 aliphatic heterocycles. The highest BCUT2D eigenvalue weighted by molar-refractivity contribution is 8.48. The number of carboxylic acids is 1. The van der Waals surface area contributed by atoms with Crippen LogP contribution in [0.5, 0.6) is 0 Å². The zero-order valence-corrected chi connectivity index (χ0v) is 11.9. The number of thiocarbonyl (C=S) groups is 1. The summed E-state index contributed by atoms with van der Waals surface area (Å²) >= 11 is 7.26. The molecule has 0 rings (SSSR count). The normalized spacial score (nSPS) is 12.0. The molecular weight excluding hydrogens is 268 g/mol. The average Bonchev–Trinajstić information content (AvgIpc) is 1.99. The number of hydrogen-bond acceptors (Lipinski definition) is 6. The van der Waals surface area contributed by atoms with Crippen LogP contribution in [0.4, 0.5) is 0 Å². The highest BCUT2D eigenvalue weighted by Crippen LogP contribution is 2.37. The third kappa shape index (κ3) is 5.72. The van der Waals surface area contributed by atoms with Crippen LogP contribution in [0.15, 0.2) is 0 Å². The van der Waals surface area contributed by atoms with Crippen LogP contribution in [-0.4, -0.2) is 30.8 Å².